The summed E-state index contributed by atoms with van der Waals surface area (Å²) in [6.45, 7) is 3.15. The standard InChI is InChI=1S/C19H22N2O4/c1-23-17-10-14(11-18(13-17)24-2)19(22)20-15-4-3-5-16(12-15)21-6-8-25-9-7-21/h3-5,10-13H,6-9H2,1-2H3,(H,20,22). The van der Waals surface area contributed by atoms with Gasteiger partial charge in [-0.3, -0.25) is 4.79 Å². The Morgan fingerprint density at radius 3 is 2.36 bits per heavy atom. The number of ether oxygens (including phenoxy) is 3. The van der Waals surface area contributed by atoms with Crippen LogP contribution in [-0.4, -0.2) is 46.4 Å². The summed E-state index contributed by atoms with van der Waals surface area (Å²) in [5, 5.41) is 2.93. The third kappa shape index (κ3) is 4.22. The number of methoxy groups -OCH3 is 2. The summed E-state index contributed by atoms with van der Waals surface area (Å²) in [7, 11) is 3.12. The molecule has 132 valence electrons. The molecule has 1 amide bonds. The lowest BCUT2D eigenvalue weighted by Gasteiger charge is -2.29. The Hall–Kier alpha value is -2.73. The molecule has 1 heterocycles. The molecule has 0 aromatic heterocycles. The second-order valence-corrected chi connectivity index (χ2v) is 5.71. The van der Waals surface area contributed by atoms with Crippen LogP contribution in [0.5, 0.6) is 11.5 Å². The van der Waals surface area contributed by atoms with Crippen LogP contribution in [0.25, 0.3) is 0 Å². The minimum absolute atomic E-state index is 0.212. The number of nitrogens with zero attached hydrogens (tertiary/aromatic N) is 1. The molecule has 0 radical (unpaired) electrons. The highest BCUT2D eigenvalue weighted by molar-refractivity contribution is 6.05. The third-order valence-electron chi connectivity index (χ3n) is 4.09. The topological polar surface area (TPSA) is 60.0 Å². The van der Waals surface area contributed by atoms with E-state index in [0.29, 0.717) is 17.1 Å². The molecule has 1 fully saturated rings. The summed E-state index contributed by atoms with van der Waals surface area (Å²) in [5.74, 6) is 0.939. The van der Waals surface area contributed by atoms with Crippen LogP contribution < -0.4 is 19.7 Å². The van der Waals surface area contributed by atoms with Crippen molar-refractivity contribution in [2.24, 2.45) is 0 Å². The highest BCUT2D eigenvalue weighted by atomic mass is 16.5. The van der Waals surface area contributed by atoms with Crippen molar-refractivity contribution < 1.29 is 19.0 Å². The molecule has 3 rings (SSSR count). The number of amides is 1. The lowest BCUT2D eigenvalue weighted by atomic mass is 10.1. The van der Waals surface area contributed by atoms with Gasteiger partial charge in [-0.15, -0.1) is 0 Å². The van der Waals surface area contributed by atoms with Gasteiger partial charge in [0.1, 0.15) is 11.5 Å². The molecule has 0 aliphatic carbocycles. The lowest BCUT2D eigenvalue weighted by molar-refractivity contribution is 0.102. The van der Waals surface area contributed by atoms with Crippen molar-refractivity contribution >= 4 is 17.3 Å². The number of rotatable bonds is 5. The number of nitrogens with one attached hydrogen (secondary N) is 1. The first-order chi connectivity index (χ1) is 12.2. The average Bonchev–Trinajstić information content (AvgIpc) is 2.68. The highest BCUT2D eigenvalue weighted by Crippen LogP contribution is 2.24. The fraction of sp³-hybridized carbons (Fsp3) is 0.316. The number of morpholine rings is 1. The highest BCUT2D eigenvalue weighted by Gasteiger charge is 2.13. The Kier molecular flexibility index (Phi) is 5.40. The van der Waals surface area contributed by atoms with Gasteiger partial charge in [-0.1, -0.05) is 6.07 Å². The van der Waals surface area contributed by atoms with Gasteiger partial charge in [0, 0.05) is 36.1 Å². The van der Waals surface area contributed by atoms with E-state index in [1.165, 1.54) is 0 Å². The monoisotopic (exact) mass is 342 g/mol. The van der Waals surface area contributed by atoms with Crippen LogP contribution in [0.4, 0.5) is 11.4 Å². The lowest BCUT2D eigenvalue weighted by Crippen LogP contribution is -2.36. The van der Waals surface area contributed by atoms with Crippen LogP contribution in [0.1, 0.15) is 10.4 Å². The van der Waals surface area contributed by atoms with E-state index in [1.807, 2.05) is 24.3 Å². The van der Waals surface area contributed by atoms with Gasteiger partial charge >= 0.3 is 0 Å². The molecule has 6 nitrogen and oxygen atoms in total. The quantitative estimate of drug-likeness (QED) is 0.905. The predicted molar refractivity (Wildman–Crippen MR) is 97.0 cm³/mol. The SMILES string of the molecule is COc1cc(OC)cc(C(=O)Nc2cccc(N3CCOCC3)c2)c1. The van der Waals surface area contributed by atoms with E-state index in [1.54, 1.807) is 32.4 Å². The fourth-order valence-electron chi connectivity index (χ4n) is 2.74. The van der Waals surface area contributed by atoms with Gasteiger partial charge in [0.25, 0.3) is 5.91 Å². The summed E-state index contributed by atoms with van der Waals surface area (Å²) >= 11 is 0. The molecular formula is C19H22N2O4. The van der Waals surface area contributed by atoms with Gasteiger partial charge in [-0.05, 0) is 30.3 Å². The van der Waals surface area contributed by atoms with Crippen LogP contribution in [0, 0.1) is 0 Å². The van der Waals surface area contributed by atoms with E-state index < -0.39 is 0 Å². The molecule has 6 heteroatoms. The van der Waals surface area contributed by atoms with Crippen molar-refractivity contribution in [3.05, 3.63) is 48.0 Å². The van der Waals surface area contributed by atoms with Crippen LogP contribution >= 0.6 is 0 Å². The maximum absolute atomic E-state index is 12.6. The molecule has 0 unspecified atom stereocenters. The molecule has 2 aromatic carbocycles. The van der Waals surface area contributed by atoms with Crippen LogP contribution in [0.15, 0.2) is 42.5 Å². The maximum Gasteiger partial charge on any atom is 0.255 e. The molecule has 0 saturated carbocycles. The average molecular weight is 342 g/mol. The minimum atomic E-state index is -0.212. The number of carbonyl (C=O) groups excluding carboxylic acids is 1. The first-order valence-electron chi connectivity index (χ1n) is 8.17. The minimum Gasteiger partial charge on any atom is -0.497 e. The van der Waals surface area contributed by atoms with Gasteiger partial charge in [-0.25, -0.2) is 0 Å². The van der Waals surface area contributed by atoms with Crippen LogP contribution in [0.2, 0.25) is 0 Å². The van der Waals surface area contributed by atoms with Gasteiger partial charge < -0.3 is 24.4 Å². The molecule has 1 aliphatic heterocycles. The van der Waals surface area contributed by atoms with Crippen molar-refractivity contribution in [3.63, 3.8) is 0 Å². The smallest absolute Gasteiger partial charge is 0.255 e. The first-order valence-corrected chi connectivity index (χ1v) is 8.17. The molecule has 1 aliphatic rings. The molecule has 0 spiro atoms. The molecule has 1 saturated heterocycles. The summed E-state index contributed by atoms with van der Waals surface area (Å²) < 4.78 is 15.8. The van der Waals surface area contributed by atoms with Gasteiger partial charge in [0.05, 0.1) is 27.4 Å². The molecule has 2 aromatic rings. The molecule has 25 heavy (non-hydrogen) atoms. The zero-order chi connectivity index (χ0) is 17.6. The Labute approximate surface area is 147 Å². The molecule has 1 N–H and O–H groups in total. The van der Waals surface area contributed by atoms with Crippen molar-refractivity contribution in [2.75, 3.05) is 50.7 Å². The molecule has 0 bridgehead atoms. The molecule has 0 atom stereocenters. The number of hydrogen-bond donors (Lipinski definition) is 1. The van der Waals surface area contributed by atoms with Gasteiger partial charge in [0.2, 0.25) is 0 Å². The van der Waals surface area contributed by atoms with E-state index in [2.05, 4.69) is 10.2 Å². The molecular weight excluding hydrogens is 320 g/mol. The maximum atomic E-state index is 12.6. The fourth-order valence-corrected chi connectivity index (χ4v) is 2.74. The Morgan fingerprint density at radius 2 is 1.72 bits per heavy atom. The zero-order valence-corrected chi connectivity index (χ0v) is 14.5. The second kappa shape index (κ2) is 7.90. The van der Waals surface area contributed by atoms with E-state index >= 15 is 0 Å². The Bertz CT molecular complexity index is 720. The largest absolute Gasteiger partial charge is 0.497 e. The van der Waals surface area contributed by atoms with E-state index in [4.69, 9.17) is 14.2 Å². The number of hydrogen-bond acceptors (Lipinski definition) is 5. The predicted octanol–water partition coefficient (Wildman–Crippen LogP) is 2.79. The summed E-state index contributed by atoms with van der Waals surface area (Å²) in [6.07, 6.45) is 0. The van der Waals surface area contributed by atoms with Crippen molar-refractivity contribution in [1.82, 2.24) is 0 Å². The number of benzene rings is 2. The van der Waals surface area contributed by atoms with Crippen molar-refractivity contribution in [1.29, 1.82) is 0 Å². The van der Waals surface area contributed by atoms with E-state index in [9.17, 15) is 4.79 Å². The Balaban J connectivity index is 1.76. The summed E-state index contributed by atoms with van der Waals surface area (Å²) in [6, 6.07) is 12.9. The van der Waals surface area contributed by atoms with Crippen molar-refractivity contribution in [2.45, 2.75) is 0 Å². The Morgan fingerprint density at radius 1 is 1.04 bits per heavy atom. The zero-order valence-electron chi connectivity index (χ0n) is 14.5. The van der Waals surface area contributed by atoms with E-state index in [-0.39, 0.29) is 5.91 Å². The summed E-state index contributed by atoms with van der Waals surface area (Å²) in [4.78, 5) is 14.8. The number of carbonyl (C=O) groups is 1. The van der Waals surface area contributed by atoms with Gasteiger partial charge in [0.15, 0.2) is 0 Å². The normalized spacial score (nSPS) is 14.1. The van der Waals surface area contributed by atoms with Crippen molar-refractivity contribution in [3.8, 4) is 11.5 Å². The first kappa shape index (κ1) is 17.1. The summed E-state index contributed by atoms with van der Waals surface area (Å²) in [5.41, 5.74) is 2.30. The van der Waals surface area contributed by atoms with Crippen LogP contribution in [-0.2, 0) is 4.74 Å². The third-order valence-corrected chi connectivity index (χ3v) is 4.09. The number of anilines is 2. The van der Waals surface area contributed by atoms with E-state index in [0.717, 1.165) is 37.7 Å². The van der Waals surface area contributed by atoms with Crippen LogP contribution in [0.3, 0.4) is 0 Å². The van der Waals surface area contributed by atoms with Gasteiger partial charge in [-0.2, -0.15) is 0 Å². The second-order valence-electron chi connectivity index (χ2n) is 5.71.